The van der Waals surface area contributed by atoms with Crippen LogP contribution < -0.4 is 4.90 Å². The Labute approximate surface area is 166 Å². The van der Waals surface area contributed by atoms with E-state index in [0.717, 1.165) is 34.2 Å². The maximum absolute atomic E-state index is 13.3. The third-order valence-corrected chi connectivity index (χ3v) is 5.43. The first-order chi connectivity index (χ1) is 13.2. The highest BCUT2D eigenvalue weighted by Gasteiger charge is 2.26. The summed E-state index contributed by atoms with van der Waals surface area (Å²) in [5.41, 5.74) is 0.322. The van der Waals surface area contributed by atoms with Gasteiger partial charge in [-0.05, 0) is 6.07 Å². The quantitative estimate of drug-likeness (QED) is 0.386. The van der Waals surface area contributed by atoms with E-state index in [1.54, 1.807) is 0 Å². The molecule has 0 unspecified atom stereocenters. The number of alkyl halides is 3. The molecule has 2 heterocycles. The molecule has 5 nitrogen and oxygen atoms in total. The molecule has 0 aliphatic rings. The molecule has 0 aliphatic carbocycles. The monoisotopic (exact) mass is 433 g/mol. The van der Waals surface area contributed by atoms with E-state index >= 15 is 0 Å². The number of nitrogens with zero attached hydrogens (tertiary/aromatic N) is 3. The summed E-state index contributed by atoms with van der Waals surface area (Å²) < 4.78 is 49.7. The van der Waals surface area contributed by atoms with E-state index in [1.807, 2.05) is 0 Å². The van der Waals surface area contributed by atoms with Crippen LogP contribution >= 0.6 is 23.1 Å². The second-order valence-corrected chi connectivity index (χ2v) is 7.65. The van der Waals surface area contributed by atoms with Crippen molar-refractivity contribution < 1.29 is 27.5 Å². The molecule has 0 saturated heterocycles. The van der Waals surface area contributed by atoms with E-state index in [9.17, 15) is 27.5 Å². The zero-order valence-electron chi connectivity index (χ0n) is 14.4. The molecule has 1 N–H and O–H groups in total. The number of carbonyl (C=O) groups is 1. The molecule has 0 fully saturated rings. The number of aromatic hydroxyl groups is 1. The van der Waals surface area contributed by atoms with E-state index in [2.05, 4.69) is 15.9 Å². The highest BCUT2D eigenvalue weighted by molar-refractivity contribution is 7.99. The lowest BCUT2D eigenvalue weighted by Gasteiger charge is -2.18. The summed E-state index contributed by atoms with van der Waals surface area (Å²) in [4.78, 5) is 21.2. The highest BCUT2D eigenvalue weighted by Crippen LogP contribution is 2.39. The number of aromatic nitrogens is 2. The molecule has 0 atom stereocenters. The van der Waals surface area contributed by atoms with Gasteiger partial charge in [0, 0.05) is 29.7 Å². The zero-order valence-corrected chi connectivity index (χ0v) is 16.0. The second-order valence-electron chi connectivity index (χ2n) is 5.45. The predicted octanol–water partition coefficient (Wildman–Crippen LogP) is 4.09. The molecule has 0 bridgehead atoms. The maximum atomic E-state index is 13.3. The number of hydrogen-bond donors (Lipinski definition) is 1. The number of thioether (sulfide) groups is 1. The number of hydrogen-bond acceptors (Lipinski definition) is 6. The minimum absolute atomic E-state index is 0.0571. The maximum Gasteiger partial charge on any atom is 0.389 e. The Kier molecular flexibility index (Phi) is 7.65. The van der Waals surface area contributed by atoms with Crippen LogP contribution in [0.15, 0.2) is 18.5 Å². The van der Waals surface area contributed by atoms with Gasteiger partial charge in [0.2, 0.25) is 11.8 Å². The van der Waals surface area contributed by atoms with Crippen molar-refractivity contribution in [3.05, 3.63) is 24.3 Å². The standard InChI is InChI=1S/C17H15F4N3O2S2/c1-2-5-24(13(25)3-6-27-7-4-17(19,20)21)16-14(26)23-15(28-16)11-8-12(18)10-22-9-11/h1,8-10,26H,3-7H2. The summed E-state index contributed by atoms with van der Waals surface area (Å²) in [7, 11) is 0. The lowest BCUT2D eigenvalue weighted by Crippen LogP contribution is -2.31. The molecule has 0 aromatic carbocycles. The number of rotatable bonds is 8. The van der Waals surface area contributed by atoms with Crippen LogP contribution in [0.5, 0.6) is 5.88 Å². The molecule has 28 heavy (non-hydrogen) atoms. The molecule has 0 spiro atoms. The number of thiazole rings is 1. The summed E-state index contributed by atoms with van der Waals surface area (Å²) in [5, 5.41) is 10.4. The van der Waals surface area contributed by atoms with Crippen molar-refractivity contribution in [3.8, 4) is 28.8 Å². The van der Waals surface area contributed by atoms with Crippen molar-refractivity contribution >= 4 is 34.0 Å². The molecule has 2 aromatic rings. The molecule has 1 amide bonds. The second kappa shape index (κ2) is 9.75. The third kappa shape index (κ3) is 6.38. The van der Waals surface area contributed by atoms with Crippen molar-refractivity contribution in [3.63, 3.8) is 0 Å². The van der Waals surface area contributed by atoms with Gasteiger partial charge in [0.25, 0.3) is 0 Å². The van der Waals surface area contributed by atoms with Crippen LogP contribution in [0.1, 0.15) is 12.8 Å². The van der Waals surface area contributed by atoms with E-state index in [-0.39, 0.29) is 34.5 Å². The molecular formula is C17H15F4N3O2S2. The van der Waals surface area contributed by atoms with Gasteiger partial charge in [-0.1, -0.05) is 17.3 Å². The van der Waals surface area contributed by atoms with Crippen LogP contribution in [0.25, 0.3) is 10.6 Å². The van der Waals surface area contributed by atoms with Crippen molar-refractivity contribution in [2.24, 2.45) is 0 Å². The Morgan fingerprint density at radius 3 is 2.75 bits per heavy atom. The van der Waals surface area contributed by atoms with Crippen LogP contribution in [0.4, 0.5) is 22.6 Å². The molecule has 0 radical (unpaired) electrons. The van der Waals surface area contributed by atoms with Crippen LogP contribution in [0, 0.1) is 18.2 Å². The zero-order chi connectivity index (χ0) is 20.7. The van der Waals surface area contributed by atoms with Crippen molar-refractivity contribution in [1.29, 1.82) is 0 Å². The minimum Gasteiger partial charge on any atom is -0.491 e. The fourth-order valence-corrected chi connectivity index (χ4v) is 3.94. The Morgan fingerprint density at radius 1 is 1.36 bits per heavy atom. The number of anilines is 1. The summed E-state index contributed by atoms with van der Waals surface area (Å²) >= 11 is 1.93. The largest absolute Gasteiger partial charge is 0.491 e. The summed E-state index contributed by atoms with van der Waals surface area (Å²) in [6.45, 7) is -0.150. The topological polar surface area (TPSA) is 66.3 Å². The SMILES string of the molecule is C#CCN(C(=O)CCSCCC(F)(F)F)c1sc(-c2cncc(F)c2)nc1O. The Bertz CT molecular complexity index is 865. The summed E-state index contributed by atoms with van der Waals surface area (Å²) in [6, 6.07) is 1.18. The smallest absolute Gasteiger partial charge is 0.389 e. The first kappa shape index (κ1) is 22.0. The molecular weight excluding hydrogens is 418 g/mol. The highest BCUT2D eigenvalue weighted by atomic mass is 32.2. The van der Waals surface area contributed by atoms with Gasteiger partial charge in [-0.25, -0.2) is 4.39 Å². The fraction of sp³-hybridized carbons (Fsp3) is 0.353. The van der Waals surface area contributed by atoms with E-state index in [0.29, 0.717) is 5.56 Å². The minimum atomic E-state index is -4.23. The van der Waals surface area contributed by atoms with Gasteiger partial charge in [-0.15, -0.1) is 6.42 Å². The molecule has 150 valence electrons. The first-order valence-electron chi connectivity index (χ1n) is 7.90. The summed E-state index contributed by atoms with van der Waals surface area (Å²) in [5.74, 6) is 0.844. The van der Waals surface area contributed by atoms with Gasteiger partial charge in [0.15, 0.2) is 5.00 Å². The van der Waals surface area contributed by atoms with Gasteiger partial charge in [-0.2, -0.15) is 29.9 Å². The van der Waals surface area contributed by atoms with Gasteiger partial charge in [0.1, 0.15) is 10.8 Å². The lowest BCUT2D eigenvalue weighted by molar-refractivity contribution is -0.129. The third-order valence-electron chi connectivity index (χ3n) is 3.33. The molecule has 2 rings (SSSR count). The lowest BCUT2D eigenvalue weighted by atomic mass is 10.3. The van der Waals surface area contributed by atoms with Crippen molar-refractivity contribution in [2.45, 2.75) is 19.0 Å². The Hall–Kier alpha value is -2.32. The average Bonchev–Trinajstić information content (AvgIpc) is 2.99. The van der Waals surface area contributed by atoms with E-state index in [4.69, 9.17) is 6.42 Å². The Balaban J connectivity index is 2.07. The normalized spacial score (nSPS) is 11.2. The molecule has 0 saturated carbocycles. The number of terminal acetylenes is 1. The number of pyridine rings is 1. The van der Waals surface area contributed by atoms with Gasteiger partial charge in [-0.3, -0.25) is 14.7 Å². The average molecular weight is 433 g/mol. The van der Waals surface area contributed by atoms with Gasteiger partial charge in [0.05, 0.1) is 19.2 Å². The number of amides is 1. The summed E-state index contributed by atoms with van der Waals surface area (Å²) in [6.07, 6.45) is 2.44. The van der Waals surface area contributed by atoms with Crippen LogP contribution in [-0.2, 0) is 4.79 Å². The fourth-order valence-electron chi connectivity index (χ4n) is 2.08. The molecule has 2 aromatic heterocycles. The van der Waals surface area contributed by atoms with Gasteiger partial charge >= 0.3 is 6.18 Å². The Morgan fingerprint density at radius 2 is 2.11 bits per heavy atom. The predicted molar refractivity (Wildman–Crippen MR) is 101 cm³/mol. The van der Waals surface area contributed by atoms with E-state index < -0.39 is 30.2 Å². The van der Waals surface area contributed by atoms with Crippen LogP contribution in [0.3, 0.4) is 0 Å². The van der Waals surface area contributed by atoms with Crippen molar-refractivity contribution in [1.82, 2.24) is 9.97 Å². The van der Waals surface area contributed by atoms with E-state index in [1.165, 1.54) is 12.3 Å². The molecule has 11 heteroatoms. The number of carbonyl (C=O) groups excluding carboxylic acids is 1. The van der Waals surface area contributed by atoms with Crippen LogP contribution in [0.2, 0.25) is 0 Å². The van der Waals surface area contributed by atoms with Gasteiger partial charge < -0.3 is 5.11 Å². The molecule has 0 aliphatic heterocycles. The van der Waals surface area contributed by atoms with Crippen LogP contribution in [-0.4, -0.2) is 45.2 Å². The first-order valence-corrected chi connectivity index (χ1v) is 9.87. The van der Waals surface area contributed by atoms with Crippen molar-refractivity contribution in [2.75, 3.05) is 23.0 Å². The number of halogens is 4.